The normalized spacial score (nSPS) is 14.7. The van der Waals surface area contributed by atoms with Gasteiger partial charge in [0.15, 0.2) is 0 Å². The number of benzene rings is 2. The molecule has 0 saturated heterocycles. The molecule has 122 valence electrons. The predicted molar refractivity (Wildman–Crippen MR) is 98.2 cm³/mol. The van der Waals surface area contributed by atoms with Crippen molar-refractivity contribution in [3.8, 4) is 0 Å². The fourth-order valence-corrected chi connectivity index (χ4v) is 3.57. The van der Waals surface area contributed by atoms with Gasteiger partial charge in [0, 0.05) is 28.3 Å². The fraction of sp³-hybridized carbons (Fsp3) is 0.278. The summed E-state index contributed by atoms with van der Waals surface area (Å²) in [6.45, 7) is 1.21. The van der Waals surface area contributed by atoms with Gasteiger partial charge >= 0.3 is 0 Å². The van der Waals surface area contributed by atoms with E-state index in [-0.39, 0.29) is 23.1 Å². The molecule has 2 aromatic carbocycles. The van der Waals surface area contributed by atoms with E-state index in [0.717, 1.165) is 18.4 Å². The average molecular weight is 349 g/mol. The summed E-state index contributed by atoms with van der Waals surface area (Å²) in [6, 6.07) is 17.8. The lowest BCUT2D eigenvalue weighted by atomic mass is 10.1. The molecule has 0 radical (unpaired) electrons. The van der Waals surface area contributed by atoms with E-state index in [1.165, 1.54) is 4.90 Å². The van der Waals surface area contributed by atoms with E-state index in [9.17, 15) is 4.79 Å². The van der Waals surface area contributed by atoms with Crippen molar-refractivity contribution in [3.05, 3.63) is 65.7 Å². The van der Waals surface area contributed by atoms with Crippen LogP contribution >= 0.6 is 24.2 Å². The maximum atomic E-state index is 12.2. The van der Waals surface area contributed by atoms with Crippen molar-refractivity contribution in [1.82, 2.24) is 5.32 Å². The molecule has 0 bridgehead atoms. The van der Waals surface area contributed by atoms with Crippen LogP contribution in [0.15, 0.2) is 59.5 Å². The van der Waals surface area contributed by atoms with Crippen molar-refractivity contribution in [1.29, 1.82) is 0 Å². The van der Waals surface area contributed by atoms with Crippen LogP contribution in [-0.2, 0) is 6.54 Å². The summed E-state index contributed by atoms with van der Waals surface area (Å²) in [6.07, 6.45) is 2.30. The fourth-order valence-electron chi connectivity index (χ4n) is 2.33. The lowest BCUT2D eigenvalue weighted by Gasteiger charge is -2.16. The van der Waals surface area contributed by atoms with Crippen LogP contribution in [0.25, 0.3) is 0 Å². The van der Waals surface area contributed by atoms with Crippen LogP contribution in [0.1, 0.15) is 28.8 Å². The second-order valence-corrected chi connectivity index (χ2v) is 7.22. The van der Waals surface area contributed by atoms with Gasteiger partial charge in [-0.1, -0.05) is 30.3 Å². The maximum Gasteiger partial charge on any atom is 0.251 e. The Morgan fingerprint density at radius 2 is 1.74 bits per heavy atom. The summed E-state index contributed by atoms with van der Waals surface area (Å²) in [7, 11) is 0. The standard InChI is InChI=1S/C18H20N2OS.ClH/c19-12-14-6-8-15(9-7-14)17(21)20-13-18(10-11-18)22-16-4-2-1-3-5-16;/h1-9H,10-13,19H2,(H,20,21);1H. The average Bonchev–Trinajstić information content (AvgIpc) is 3.33. The molecule has 0 spiro atoms. The van der Waals surface area contributed by atoms with Crippen LogP contribution in [0.5, 0.6) is 0 Å². The van der Waals surface area contributed by atoms with Crippen molar-refractivity contribution >= 4 is 30.1 Å². The summed E-state index contributed by atoms with van der Waals surface area (Å²) in [5.41, 5.74) is 7.30. The second-order valence-electron chi connectivity index (χ2n) is 5.68. The molecule has 1 aliphatic carbocycles. The highest BCUT2D eigenvalue weighted by molar-refractivity contribution is 8.01. The van der Waals surface area contributed by atoms with Crippen LogP contribution in [0.4, 0.5) is 0 Å². The number of amides is 1. The number of nitrogens with one attached hydrogen (secondary N) is 1. The lowest BCUT2D eigenvalue weighted by Crippen LogP contribution is -2.31. The number of carbonyl (C=O) groups is 1. The summed E-state index contributed by atoms with van der Waals surface area (Å²) >= 11 is 1.87. The molecular formula is C18H21ClN2OS. The highest BCUT2D eigenvalue weighted by atomic mass is 35.5. The zero-order valence-electron chi connectivity index (χ0n) is 12.8. The summed E-state index contributed by atoms with van der Waals surface area (Å²) in [5.74, 6) is -0.0106. The molecule has 2 aromatic rings. The Balaban J connectivity index is 0.00000192. The van der Waals surface area contributed by atoms with Gasteiger partial charge in [0.25, 0.3) is 5.91 Å². The smallest absolute Gasteiger partial charge is 0.251 e. The molecule has 0 heterocycles. The minimum Gasteiger partial charge on any atom is -0.351 e. The number of nitrogens with two attached hydrogens (primary N) is 1. The molecule has 0 aromatic heterocycles. The van der Waals surface area contributed by atoms with Crippen molar-refractivity contribution in [2.24, 2.45) is 5.73 Å². The molecule has 1 fully saturated rings. The minimum absolute atomic E-state index is 0. The Kier molecular flexibility index (Phi) is 6.10. The van der Waals surface area contributed by atoms with Gasteiger partial charge < -0.3 is 11.1 Å². The molecule has 1 amide bonds. The molecular weight excluding hydrogens is 328 g/mol. The first-order valence-electron chi connectivity index (χ1n) is 7.52. The number of rotatable bonds is 6. The highest BCUT2D eigenvalue weighted by Crippen LogP contribution is 2.51. The SMILES string of the molecule is Cl.NCc1ccc(C(=O)NCC2(Sc3ccccc3)CC2)cc1. The Morgan fingerprint density at radius 3 is 2.30 bits per heavy atom. The van der Waals surface area contributed by atoms with Crippen molar-refractivity contribution in [3.63, 3.8) is 0 Å². The second kappa shape index (κ2) is 7.86. The number of halogens is 1. The van der Waals surface area contributed by atoms with Gasteiger partial charge in [-0.05, 0) is 42.7 Å². The van der Waals surface area contributed by atoms with Crippen LogP contribution in [0, 0.1) is 0 Å². The van der Waals surface area contributed by atoms with Gasteiger partial charge in [0.2, 0.25) is 0 Å². The largest absolute Gasteiger partial charge is 0.351 e. The Morgan fingerprint density at radius 1 is 1.09 bits per heavy atom. The summed E-state index contributed by atoms with van der Waals surface area (Å²) in [4.78, 5) is 13.5. The first kappa shape index (κ1) is 17.9. The molecule has 3 nitrogen and oxygen atoms in total. The molecule has 0 unspecified atom stereocenters. The van der Waals surface area contributed by atoms with Gasteiger partial charge in [-0.2, -0.15) is 0 Å². The Bertz CT molecular complexity index is 642. The molecule has 5 heteroatoms. The predicted octanol–water partition coefficient (Wildman–Crippen LogP) is 3.62. The quantitative estimate of drug-likeness (QED) is 0.838. The lowest BCUT2D eigenvalue weighted by molar-refractivity contribution is 0.0953. The van der Waals surface area contributed by atoms with Gasteiger partial charge in [0.05, 0.1) is 0 Å². The summed E-state index contributed by atoms with van der Waals surface area (Å²) in [5, 5.41) is 3.07. The number of hydrogen-bond donors (Lipinski definition) is 2. The van der Waals surface area contributed by atoms with E-state index in [2.05, 4.69) is 29.6 Å². The van der Waals surface area contributed by atoms with Gasteiger partial charge in [0.1, 0.15) is 0 Å². The first-order valence-corrected chi connectivity index (χ1v) is 8.34. The third-order valence-electron chi connectivity index (χ3n) is 3.91. The summed E-state index contributed by atoms with van der Waals surface area (Å²) < 4.78 is 0.175. The number of carbonyl (C=O) groups excluding carboxylic acids is 1. The Labute approximate surface area is 147 Å². The van der Waals surface area contributed by atoms with Gasteiger partial charge in [-0.15, -0.1) is 24.2 Å². The van der Waals surface area contributed by atoms with Crippen LogP contribution in [0.2, 0.25) is 0 Å². The monoisotopic (exact) mass is 348 g/mol. The molecule has 0 atom stereocenters. The van der Waals surface area contributed by atoms with Crippen LogP contribution in [-0.4, -0.2) is 17.2 Å². The van der Waals surface area contributed by atoms with E-state index in [4.69, 9.17) is 5.73 Å². The molecule has 3 N–H and O–H groups in total. The minimum atomic E-state index is -0.0106. The zero-order valence-corrected chi connectivity index (χ0v) is 14.5. The van der Waals surface area contributed by atoms with Crippen molar-refractivity contribution < 1.29 is 4.79 Å². The number of thioether (sulfide) groups is 1. The highest BCUT2D eigenvalue weighted by Gasteiger charge is 2.43. The van der Waals surface area contributed by atoms with E-state index < -0.39 is 0 Å². The van der Waals surface area contributed by atoms with Gasteiger partial charge in [-0.3, -0.25) is 4.79 Å². The molecule has 3 rings (SSSR count). The van der Waals surface area contributed by atoms with E-state index in [1.807, 2.05) is 42.1 Å². The van der Waals surface area contributed by atoms with Gasteiger partial charge in [-0.25, -0.2) is 0 Å². The van der Waals surface area contributed by atoms with E-state index in [1.54, 1.807) is 0 Å². The van der Waals surface area contributed by atoms with E-state index in [0.29, 0.717) is 18.7 Å². The first-order chi connectivity index (χ1) is 10.7. The van der Waals surface area contributed by atoms with Crippen molar-refractivity contribution in [2.45, 2.75) is 29.0 Å². The molecule has 23 heavy (non-hydrogen) atoms. The molecule has 1 saturated carbocycles. The number of hydrogen-bond acceptors (Lipinski definition) is 3. The molecule has 0 aliphatic heterocycles. The maximum absolute atomic E-state index is 12.2. The van der Waals surface area contributed by atoms with E-state index >= 15 is 0 Å². The van der Waals surface area contributed by atoms with Crippen LogP contribution in [0.3, 0.4) is 0 Å². The Hall–Kier alpha value is -1.49. The third kappa shape index (κ3) is 4.74. The third-order valence-corrected chi connectivity index (χ3v) is 5.40. The zero-order chi connectivity index (χ0) is 15.4. The van der Waals surface area contributed by atoms with Crippen LogP contribution < -0.4 is 11.1 Å². The molecule has 1 aliphatic rings. The topological polar surface area (TPSA) is 55.1 Å². The van der Waals surface area contributed by atoms with Crippen molar-refractivity contribution in [2.75, 3.05) is 6.54 Å².